The number of carbonyl (C=O) groups is 2. The molecule has 0 spiro atoms. The molecule has 0 bridgehead atoms. The van der Waals surface area contributed by atoms with Gasteiger partial charge in [-0.25, -0.2) is 0 Å². The Balaban J connectivity index is 0.00000243. The Bertz CT molecular complexity index is 760. The van der Waals surface area contributed by atoms with Crippen LogP contribution < -0.4 is 10.6 Å². The lowest BCUT2D eigenvalue weighted by atomic mass is 9.97. The highest BCUT2D eigenvalue weighted by molar-refractivity contribution is 5.85. The van der Waals surface area contributed by atoms with Gasteiger partial charge in [-0.3, -0.25) is 9.59 Å². The Kier molecular flexibility index (Phi) is 7.42. The zero-order valence-corrected chi connectivity index (χ0v) is 15.7. The van der Waals surface area contributed by atoms with E-state index in [2.05, 4.69) is 34.9 Å². The highest BCUT2D eigenvalue weighted by Gasteiger charge is 2.25. The van der Waals surface area contributed by atoms with Crippen LogP contribution in [0.15, 0.2) is 42.5 Å². The second-order valence-electron chi connectivity index (χ2n) is 6.50. The minimum absolute atomic E-state index is 0. The second kappa shape index (κ2) is 9.55. The molecule has 1 saturated heterocycles. The van der Waals surface area contributed by atoms with Gasteiger partial charge in [0.2, 0.25) is 5.91 Å². The fourth-order valence-corrected chi connectivity index (χ4v) is 3.31. The molecular formula is C20H25ClN2O3. The molecule has 0 radical (unpaired) electrons. The summed E-state index contributed by atoms with van der Waals surface area (Å²) in [7, 11) is 1.38. The van der Waals surface area contributed by atoms with E-state index < -0.39 is 5.92 Å². The summed E-state index contributed by atoms with van der Waals surface area (Å²) in [5.41, 5.74) is 1.06. The van der Waals surface area contributed by atoms with Crippen LogP contribution in [0, 0.1) is 5.92 Å². The van der Waals surface area contributed by atoms with Crippen molar-refractivity contribution in [3.8, 4) is 0 Å². The maximum Gasteiger partial charge on any atom is 0.310 e. The number of halogens is 1. The zero-order chi connectivity index (χ0) is 17.6. The molecule has 1 aliphatic heterocycles. The molecule has 1 heterocycles. The molecule has 1 aliphatic rings. The van der Waals surface area contributed by atoms with E-state index in [1.165, 1.54) is 12.5 Å². The summed E-state index contributed by atoms with van der Waals surface area (Å²) >= 11 is 0. The molecular weight excluding hydrogens is 352 g/mol. The summed E-state index contributed by atoms with van der Waals surface area (Å²) in [5.74, 6) is -0.728. The van der Waals surface area contributed by atoms with Crippen molar-refractivity contribution in [2.24, 2.45) is 5.92 Å². The third-order valence-electron chi connectivity index (χ3n) is 4.73. The van der Waals surface area contributed by atoms with Gasteiger partial charge in [0.05, 0.1) is 19.1 Å². The number of ether oxygens (including phenoxy) is 1. The van der Waals surface area contributed by atoms with Gasteiger partial charge in [0, 0.05) is 6.54 Å². The molecule has 2 atom stereocenters. The SMILES string of the molecule is COC(=O)C(CNC(=O)C1CCCN1)Cc1ccc2ccccc2c1.Cl. The lowest BCUT2D eigenvalue weighted by Gasteiger charge is -2.17. The maximum atomic E-state index is 12.2. The van der Waals surface area contributed by atoms with E-state index in [9.17, 15) is 9.59 Å². The summed E-state index contributed by atoms with van der Waals surface area (Å²) in [4.78, 5) is 24.3. The van der Waals surface area contributed by atoms with Gasteiger partial charge in [0.15, 0.2) is 0 Å². The number of rotatable bonds is 6. The third-order valence-corrected chi connectivity index (χ3v) is 4.73. The van der Waals surface area contributed by atoms with Crippen molar-refractivity contribution in [3.63, 3.8) is 0 Å². The fourth-order valence-electron chi connectivity index (χ4n) is 3.31. The highest BCUT2D eigenvalue weighted by Crippen LogP contribution is 2.18. The average Bonchev–Trinajstić information content (AvgIpc) is 3.19. The molecule has 2 N–H and O–H groups in total. The van der Waals surface area contributed by atoms with Crippen LogP contribution in [-0.4, -0.2) is 38.1 Å². The summed E-state index contributed by atoms with van der Waals surface area (Å²) in [6.45, 7) is 1.16. The Morgan fingerprint density at radius 3 is 2.69 bits per heavy atom. The Labute approximate surface area is 159 Å². The van der Waals surface area contributed by atoms with Crippen molar-refractivity contribution >= 4 is 35.1 Å². The maximum absolute atomic E-state index is 12.2. The van der Waals surface area contributed by atoms with Gasteiger partial charge in [0.1, 0.15) is 0 Å². The molecule has 140 valence electrons. The number of amides is 1. The average molecular weight is 377 g/mol. The molecule has 2 unspecified atom stereocenters. The van der Waals surface area contributed by atoms with Crippen LogP contribution in [0.4, 0.5) is 0 Å². The highest BCUT2D eigenvalue weighted by atomic mass is 35.5. The van der Waals surface area contributed by atoms with Crippen LogP contribution >= 0.6 is 12.4 Å². The van der Waals surface area contributed by atoms with E-state index in [1.54, 1.807) is 0 Å². The van der Waals surface area contributed by atoms with Crippen LogP contribution in [0.2, 0.25) is 0 Å². The number of carbonyl (C=O) groups excluding carboxylic acids is 2. The number of nitrogens with one attached hydrogen (secondary N) is 2. The number of methoxy groups -OCH3 is 1. The number of esters is 1. The second-order valence-corrected chi connectivity index (χ2v) is 6.50. The van der Waals surface area contributed by atoms with Gasteiger partial charge in [-0.05, 0) is 42.1 Å². The van der Waals surface area contributed by atoms with Crippen molar-refractivity contribution < 1.29 is 14.3 Å². The van der Waals surface area contributed by atoms with Gasteiger partial charge in [0.25, 0.3) is 0 Å². The van der Waals surface area contributed by atoms with Gasteiger partial charge in [-0.2, -0.15) is 0 Å². The molecule has 26 heavy (non-hydrogen) atoms. The Hall–Kier alpha value is -2.11. The number of benzene rings is 2. The van der Waals surface area contributed by atoms with E-state index in [1.807, 2.05) is 18.2 Å². The lowest BCUT2D eigenvalue weighted by Crippen LogP contribution is -2.43. The van der Waals surface area contributed by atoms with Crippen LogP contribution in [-0.2, 0) is 20.7 Å². The first-order chi connectivity index (χ1) is 12.2. The van der Waals surface area contributed by atoms with E-state index in [0.717, 1.165) is 30.3 Å². The topological polar surface area (TPSA) is 67.4 Å². The molecule has 5 nitrogen and oxygen atoms in total. The fraction of sp³-hybridized carbons (Fsp3) is 0.400. The molecule has 6 heteroatoms. The molecule has 2 aromatic carbocycles. The summed E-state index contributed by atoms with van der Waals surface area (Å²) in [6, 6.07) is 14.2. The number of hydrogen-bond donors (Lipinski definition) is 2. The zero-order valence-electron chi connectivity index (χ0n) is 14.9. The minimum Gasteiger partial charge on any atom is -0.469 e. The molecule has 1 amide bonds. The normalized spacial score (nSPS) is 17.3. The molecule has 0 saturated carbocycles. The van der Waals surface area contributed by atoms with Crippen molar-refractivity contribution in [2.45, 2.75) is 25.3 Å². The molecule has 0 aliphatic carbocycles. The van der Waals surface area contributed by atoms with E-state index in [-0.39, 0.29) is 36.9 Å². The van der Waals surface area contributed by atoms with Gasteiger partial charge < -0.3 is 15.4 Å². The summed E-state index contributed by atoms with van der Waals surface area (Å²) < 4.78 is 4.92. The van der Waals surface area contributed by atoms with Gasteiger partial charge in [-0.1, -0.05) is 42.5 Å². The van der Waals surface area contributed by atoms with E-state index >= 15 is 0 Å². The number of hydrogen-bond acceptors (Lipinski definition) is 4. The van der Waals surface area contributed by atoms with E-state index in [0.29, 0.717) is 6.42 Å². The summed E-state index contributed by atoms with van der Waals surface area (Å²) in [6.07, 6.45) is 2.39. The minimum atomic E-state index is -0.392. The first-order valence-electron chi connectivity index (χ1n) is 8.74. The first-order valence-corrected chi connectivity index (χ1v) is 8.74. The lowest BCUT2D eigenvalue weighted by molar-refractivity contribution is -0.145. The first kappa shape index (κ1) is 20.2. The third kappa shape index (κ3) is 4.96. The number of fused-ring (bicyclic) bond motifs is 1. The monoisotopic (exact) mass is 376 g/mol. The molecule has 1 fully saturated rings. The Morgan fingerprint density at radius 2 is 2.00 bits per heavy atom. The van der Waals surface area contributed by atoms with Crippen LogP contribution in [0.5, 0.6) is 0 Å². The quantitative estimate of drug-likeness (QED) is 0.760. The van der Waals surface area contributed by atoms with Crippen LogP contribution in [0.1, 0.15) is 18.4 Å². The predicted octanol–water partition coefficient (Wildman–Crippen LogP) is 2.46. The molecule has 3 rings (SSSR count). The standard InChI is InChI=1S/C20H24N2O3.ClH/c1-25-20(24)17(13-22-19(23)18-7-4-10-21-18)12-14-8-9-15-5-2-3-6-16(15)11-14;/h2-3,5-6,8-9,11,17-18,21H,4,7,10,12-13H2,1H3,(H,22,23);1H. The molecule has 2 aromatic rings. The summed E-state index contributed by atoms with van der Waals surface area (Å²) in [5, 5.41) is 8.37. The largest absolute Gasteiger partial charge is 0.469 e. The van der Waals surface area contributed by atoms with Crippen molar-refractivity contribution in [3.05, 3.63) is 48.0 Å². The van der Waals surface area contributed by atoms with Crippen LogP contribution in [0.3, 0.4) is 0 Å². The van der Waals surface area contributed by atoms with Crippen molar-refractivity contribution in [1.82, 2.24) is 10.6 Å². The van der Waals surface area contributed by atoms with Crippen molar-refractivity contribution in [2.75, 3.05) is 20.2 Å². The van der Waals surface area contributed by atoms with Gasteiger partial charge >= 0.3 is 5.97 Å². The van der Waals surface area contributed by atoms with E-state index in [4.69, 9.17) is 4.74 Å². The molecule has 0 aromatic heterocycles. The van der Waals surface area contributed by atoms with Gasteiger partial charge in [-0.15, -0.1) is 12.4 Å². The predicted molar refractivity (Wildman–Crippen MR) is 104 cm³/mol. The van der Waals surface area contributed by atoms with Crippen molar-refractivity contribution in [1.29, 1.82) is 0 Å². The smallest absolute Gasteiger partial charge is 0.310 e. The van der Waals surface area contributed by atoms with Crippen LogP contribution in [0.25, 0.3) is 10.8 Å². The Morgan fingerprint density at radius 1 is 1.23 bits per heavy atom.